The zero-order chi connectivity index (χ0) is 25.1. The van der Waals surface area contributed by atoms with E-state index < -0.39 is 5.97 Å². The summed E-state index contributed by atoms with van der Waals surface area (Å²) in [6.45, 7) is 2.90. The van der Waals surface area contributed by atoms with E-state index in [2.05, 4.69) is 16.0 Å². The summed E-state index contributed by atoms with van der Waals surface area (Å²) in [5, 5.41) is 2.96. The highest BCUT2D eigenvalue weighted by atomic mass is 16.5. The second-order valence-electron chi connectivity index (χ2n) is 8.43. The van der Waals surface area contributed by atoms with E-state index in [-0.39, 0.29) is 12.1 Å². The Labute approximate surface area is 209 Å². The molecule has 2 amide bonds. The topological polar surface area (TPSA) is 72.8 Å². The summed E-state index contributed by atoms with van der Waals surface area (Å²) in [6, 6.07) is 26.0. The number of methoxy groups -OCH3 is 1. The molecule has 1 unspecified atom stereocenters. The van der Waals surface area contributed by atoms with Crippen molar-refractivity contribution < 1.29 is 19.1 Å². The number of amides is 2. The van der Waals surface area contributed by atoms with Crippen LogP contribution in [0.5, 0.6) is 5.75 Å². The van der Waals surface area contributed by atoms with Gasteiger partial charge in [0.15, 0.2) is 0 Å². The number of anilines is 1. The van der Waals surface area contributed by atoms with E-state index in [0.29, 0.717) is 24.4 Å². The summed E-state index contributed by atoms with van der Waals surface area (Å²) >= 11 is 0. The molecule has 1 N–H and O–H groups in total. The number of nitrogens with one attached hydrogen (secondary N) is 1. The van der Waals surface area contributed by atoms with E-state index in [1.807, 2.05) is 67.7 Å². The highest BCUT2D eigenvalue weighted by Gasteiger charge is 2.33. The van der Waals surface area contributed by atoms with Gasteiger partial charge in [0.1, 0.15) is 5.75 Å². The van der Waals surface area contributed by atoms with Gasteiger partial charge in [-0.2, -0.15) is 0 Å². The van der Waals surface area contributed by atoms with Crippen LogP contribution in [-0.2, 0) is 11.3 Å². The number of hydrogen-bond acceptors (Lipinski definition) is 4. The van der Waals surface area contributed by atoms with Crippen LogP contribution in [0, 0.1) is 0 Å². The zero-order valence-electron chi connectivity index (χ0n) is 20.2. The van der Waals surface area contributed by atoms with Crippen LogP contribution >= 0.6 is 0 Å². The number of carbonyl (C=O) groups is 2. The van der Waals surface area contributed by atoms with E-state index in [1.54, 1.807) is 29.2 Å². The molecule has 0 saturated heterocycles. The van der Waals surface area contributed by atoms with Gasteiger partial charge in [-0.1, -0.05) is 42.5 Å². The summed E-state index contributed by atoms with van der Waals surface area (Å²) in [6.07, 6.45) is 2.02. The van der Waals surface area contributed by atoms with Gasteiger partial charge < -0.3 is 24.3 Å². The number of para-hydroxylation sites is 2. The molecule has 3 aromatic carbocycles. The molecule has 5 rings (SSSR count). The van der Waals surface area contributed by atoms with Crippen LogP contribution in [0.15, 0.2) is 91.1 Å². The molecule has 7 heteroatoms. The Bertz CT molecular complexity index is 1390. The third kappa shape index (κ3) is 4.31. The molecular formula is C29H27N3O4. The van der Waals surface area contributed by atoms with Crippen molar-refractivity contribution in [3.63, 3.8) is 0 Å². The van der Waals surface area contributed by atoms with Gasteiger partial charge in [0.05, 0.1) is 43.2 Å². The largest absolute Gasteiger partial charge is 0.494 e. The van der Waals surface area contributed by atoms with Gasteiger partial charge in [0.25, 0.3) is 0 Å². The first-order chi connectivity index (χ1) is 17.6. The third-order valence-electron chi connectivity index (χ3n) is 6.31. The molecule has 0 fully saturated rings. The maximum absolute atomic E-state index is 13.9. The number of esters is 1. The van der Waals surface area contributed by atoms with Gasteiger partial charge in [0, 0.05) is 11.9 Å². The van der Waals surface area contributed by atoms with Crippen molar-refractivity contribution in [3.8, 4) is 11.4 Å². The van der Waals surface area contributed by atoms with Crippen molar-refractivity contribution >= 4 is 17.7 Å². The van der Waals surface area contributed by atoms with Crippen LogP contribution in [-0.4, -0.2) is 35.2 Å². The maximum atomic E-state index is 13.9. The highest BCUT2D eigenvalue weighted by Crippen LogP contribution is 2.37. The number of ether oxygens (including phenoxy) is 2. The standard InChI is InChI=1S/C29H27N3O4/c1-3-36-22-16-14-20(15-17-22)27-26-13-8-18-31(26)25-12-7-4-9-21(25)19-32(27)29(34)30-24-11-6-5-10-23(24)28(33)35-2/h4-18,27H,3,19H2,1-2H3,(H,30,34). The molecular weight excluding hydrogens is 454 g/mol. The smallest absolute Gasteiger partial charge is 0.339 e. The van der Waals surface area contributed by atoms with E-state index in [1.165, 1.54) is 7.11 Å². The Kier molecular flexibility index (Phi) is 6.45. The van der Waals surface area contributed by atoms with Crippen LogP contribution in [0.3, 0.4) is 0 Å². The fourth-order valence-electron chi connectivity index (χ4n) is 4.67. The lowest BCUT2D eigenvalue weighted by Gasteiger charge is -2.31. The van der Waals surface area contributed by atoms with Crippen molar-refractivity contribution in [2.24, 2.45) is 0 Å². The van der Waals surface area contributed by atoms with Crippen LogP contribution in [0.25, 0.3) is 5.69 Å². The number of rotatable bonds is 5. The lowest BCUT2D eigenvalue weighted by Crippen LogP contribution is -2.38. The Hall–Kier alpha value is -4.52. The van der Waals surface area contributed by atoms with Gasteiger partial charge in [-0.15, -0.1) is 0 Å². The summed E-state index contributed by atoms with van der Waals surface area (Å²) in [4.78, 5) is 28.0. The van der Waals surface area contributed by atoms with Crippen LogP contribution in [0.4, 0.5) is 10.5 Å². The lowest BCUT2D eigenvalue weighted by molar-refractivity contribution is 0.0602. The first-order valence-corrected chi connectivity index (χ1v) is 11.8. The van der Waals surface area contributed by atoms with Gasteiger partial charge >= 0.3 is 12.0 Å². The second-order valence-corrected chi connectivity index (χ2v) is 8.43. The average Bonchev–Trinajstić information content (AvgIpc) is 3.33. The van der Waals surface area contributed by atoms with Crippen molar-refractivity contribution in [2.75, 3.05) is 19.0 Å². The number of nitrogens with zero attached hydrogens (tertiary/aromatic N) is 2. The quantitative estimate of drug-likeness (QED) is 0.366. The van der Waals surface area contributed by atoms with E-state index in [9.17, 15) is 9.59 Å². The number of aromatic nitrogens is 1. The number of fused-ring (bicyclic) bond motifs is 3. The van der Waals surface area contributed by atoms with E-state index >= 15 is 0 Å². The molecule has 1 aliphatic heterocycles. The van der Waals surface area contributed by atoms with Crippen LogP contribution < -0.4 is 10.1 Å². The van der Waals surface area contributed by atoms with Crippen molar-refractivity contribution in [2.45, 2.75) is 19.5 Å². The minimum absolute atomic E-state index is 0.296. The molecule has 182 valence electrons. The maximum Gasteiger partial charge on any atom is 0.339 e. The van der Waals surface area contributed by atoms with Crippen LogP contribution in [0.1, 0.15) is 40.1 Å². The summed E-state index contributed by atoms with van der Waals surface area (Å²) < 4.78 is 12.7. The van der Waals surface area contributed by atoms with Gasteiger partial charge in [-0.25, -0.2) is 9.59 Å². The van der Waals surface area contributed by atoms with Crippen molar-refractivity contribution in [1.82, 2.24) is 9.47 Å². The predicted molar refractivity (Wildman–Crippen MR) is 138 cm³/mol. The number of benzene rings is 3. The Morgan fingerprint density at radius 3 is 2.47 bits per heavy atom. The monoisotopic (exact) mass is 481 g/mol. The molecule has 1 aromatic heterocycles. The predicted octanol–water partition coefficient (Wildman–Crippen LogP) is 5.80. The fourth-order valence-corrected chi connectivity index (χ4v) is 4.67. The Morgan fingerprint density at radius 1 is 0.944 bits per heavy atom. The minimum Gasteiger partial charge on any atom is -0.494 e. The van der Waals surface area contributed by atoms with Crippen molar-refractivity contribution in [1.29, 1.82) is 0 Å². The molecule has 0 saturated carbocycles. The van der Waals surface area contributed by atoms with Gasteiger partial charge in [-0.3, -0.25) is 0 Å². The highest BCUT2D eigenvalue weighted by molar-refractivity contribution is 6.01. The van der Waals surface area contributed by atoms with Crippen molar-refractivity contribution in [3.05, 3.63) is 114 Å². The summed E-state index contributed by atoms with van der Waals surface area (Å²) in [5.41, 5.74) is 4.64. The molecule has 0 radical (unpaired) electrons. The van der Waals surface area contributed by atoms with E-state index in [4.69, 9.17) is 9.47 Å². The average molecular weight is 482 g/mol. The molecule has 36 heavy (non-hydrogen) atoms. The van der Waals surface area contributed by atoms with E-state index in [0.717, 1.165) is 28.3 Å². The number of carbonyl (C=O) groups excluding carboxylic acids is 2. The van der Waals surface area contributed by atoms with Gasteiger partial charge in [0.2, 0.25) is 0 Å². The Morgan fingerprint density at radius 2 is 1.69 bits per heavy atom. The molecule has 1 aliphatic rings. The molecule has 2 heterocycles. The molecule has 0 bridgehead atoms. The summed E-state index contributed by atoms with van der Waals surface area (Å²) in [7, 11) is 1.32. The SMILES string of the molecule is CCOc1ccc(C2c3cccn3-c3ccccc3CN2C(=O)Nc2ccccc2C(=O)OC)cc1. The zero-order valence-corrected chi connectivity index (χ0v) is 20.2. The minimum atomic E-state index is -0.510. The van der Waals surface area contributed by atoms with Gasteiger partial charge in [-0.05, 0) is 60.5 Å². The number of urea groups is 1. The first-order valence-electron chi connectivity index (χ1n) is 11.8. The molecule has 0 spiro atoms. The Balaban J connectivity index is 1.60. The molecule has 1 atom stereocenters. The molecule has 4 aromatic rings. The summed E-state index contributed by atoms with van der Waals surface area (Å²) in [5.74, 6) is 0.264. The second kappa shape index (κ2) is 10.00. The molecule has 0 aliphatic carbocycles. The number of hydrogen-bond donors (Lipinski definition) is 1. The normalized spacial score (nSPS) is 14.3. The fraction of sp³-hybridized carbons (Fsp3) is 0.172. The molecule has 7 nitrogen and oxygen atoms in total. The lowest BCUT2D eigenvalue weighted by atomic mass is 10.0. The first kappa shape index (κ1) is 23.2. The third-order valence-corrected chi connectivity index (χ3v) is 6.31. The van der Waals surface area contributed by atoms with Crippen LogP contribution in [0.2, 0.25) is 0 Å².